The van der Waals surface area contributed by atoms with Crippen molar-refractivity contribution >= 4 is 29.2 Å². The van der Waals surface area contributed by atoms with Crippen molar-refractivity contribution in [1.29, 1.82) is 0 Å². The number of halogens is 1. The van der Waals surface area contributed by atoms with Crippen LogP contribution in [0.15, 0.2) is 42.6 Å². The van der Waals surface area contributed by atoms with Crippen molar-refractivity contribution in [1.82, 2.24) is 20.1 Å². The summed E-state index contributed by atoms with van der Waals surface area (Å²) in [6.07, 6.45) is 2.37. The van der Waals surface area contributed by atoms with Crippen molar-refractivity contribution < 1.29 is 14.3 Å². The van der Waals surface area contributed by atoms with Crippen LogP contribution in [0, 0.1) is 0 Å². The van der Waals surface area contributed by atoms with E-state index in [0.29, 0.717) is 42.5 Å². The topological polar surface area (TPSA) is 86.8 Å². The van der Waals surface area contributed by atoms with E-state index in [1.807, 2.05) is 12.1 Å². The Morgan fingerprint density at radius 3 is 2.58 bits per heavy atom. The number of anilines is 1. The fourth-order valence-corrected chi connectivity index (χ4v) is 3.69. The summed E-state index contributed by atoms with van der Waals surface area (Å²) in [6.45, 7) is 1.66. The molecule has 1 aromatic heterocycles. The summed E-state index contributed by atoms with van der Waals surface area (Å²) < 4.78 is 5.21. The van der Waals surface area contributed by atoms with E-state index in [-0.39, 0.29) is 23.9 Å². The number of piperidine rings is 1. The summed E-state index contributed by atoms with van der Waals surface area (Å²) in [5.74, 6) is 0.656. The molecular formula is C22H28ClN5O3. The maximum atomic E-state index is 12.6. The van der Waals surface area contributed by atoms with Crippen molar-refractivity contribution in [3.8, 4) is 5.75 Å². The van der Waals surface area contributed by atoms with Crippen LogP contribution < -0.4 is 15.4 Å². The number of methoxy groups -OCH3 is 1. The highest BCUT2D eigenvalue weighted by molar-refractivity contribution is 6.30. The van der Waals surface area contributed by atoms with E-state index < -0.39 is 0 Å². The average Bonchev–Trinajstić information content (AvgIpc) is 2.76. The number of ether oxygens (including phenoxy) is 1. The Labute approximate surface area is 187 Å². The molecule has 1 aliphatic rings. The molecule has 1 aromatic carbocycles. The van der Waals surface area contributed by atoms with Crippen LogP contribution in [0.4, 0.5) is 10.5 Å². The van der Waals surface area contributed by atoms with Gasteiger partial charge in [0.1, 0.15) is 5.75 Å². The van der Waals surface area contributed by atoms with Crippen molar-refractivity contribution in [3.63, 3.8) is 0 Å². The molecule has 2 heterocycles. The minimum atomic E-state index is -0.288. The normalized spacial score (nSPS) is 18.8. The predicted octanol–water partition coefficient (Wildman–Crippen LogP) is 2.81. The lowest BCUT2D eigenvalue weighted by Crippen LogP contribution is -2.52. The van der Waals surface area contributed by atoms with Gasteiger partial charge in [0, 0.05) is 55.5 Å². The van der Waals surface area contributed by atoms with Gasteiger partial charge in [-0.15, -0.1) is 0 Å². The number of pyridine rings is 1. The molecule has 0 bridgehead atoms. The molecule has 2 atom stereocenters. The molecule has 166 valence electrons. The van der Waals surface area contributed by atoms with E-state index in [1.165, 1.54) is 0 Å². The Morgan fingerprint density at radius 2 is 1.97 bits per heavy atom. The van der Waals surface area contributed by atoms with Crippen molar-refractivity contribution in [3.05, 3.63) is 53.3 Å². The van der Waals surface area contributed by atoms with Gasteiger partial charge in [-0.3, -0.25) is 14.7 Å². The van der Waals surface area contributed by atoms with Gasteiger partial charge in [0.15, 0.2) is 0 Å². The third-order valence-electron chi connectivity index (χ3n) is 5.35. The number of hydrogen-bond acceptors (Lipinski definition) is 5. The van der Waals surface area contributed by atoms with Crippen LogP contribution >= 0.6 is 11.6 Å². The fraction of sp³-hybridized carbons (Fsp3) is 0.409. The third kappa shape index (κ3) is 6.32. The highest BCUT2D eigenvalue weighted by Crippen LogP contribution is 2.27. The number of likely N-dealkylation sites (tertiary alicyclic amines) is 1. The quantitative estimate of drug-likeness (QED) is 0.714. The number of likely N-dealkylation sites (N-methyl/N-ethyl adjacent to an activating group) is 1. The molecule has 0 aliphatic carbocycles. The van der Waals surface area contributed by atoms with E-state index in [2.05, 4.69) is 20.5 Å². The highest BCUT2D eigenvalue weighted by atomic mass is 35.5. The van der Waals surface area contributed by atoms with Gasteiger partial charge in [-0.05, 0) is 42.8 Å². The molecule has 3 amide bonds. The summed E-state index contributed by atoms with van der Waals surface area (Å²) >= 11 is 5.91. The SMILES string of the molecule is COc1ccc(C2CN(CC(=O)N(C)C)CCC2NC(=O)Nc2ccc(Cl)cc2)nc1. The van der Waals surface area contributed by atoms with Crippen LogP contribution in [-0.2, 0) is 4.79 Å². The molecule has 0 spiro atoms. The first-order chi connectivity index (χ1) is 14.9. The van der Waals surface area contributed by atoms with E-state index in [9.17, 15) is 9.59 Å². The van der Waals surface area contributed by atoms with Gasteiger partial charge in [0.2, 0.25) is 5.91 Å². The van der Waals surface area contributed by atoms with Crippen molar-refractivity contribution in [2.45, 2.75) is 18.4 Å². The second-order valence-electron chi connectivity index (χ2n) is 7.75. The van der Waals surface area contributed by atoms with Crippen LogP contribution in [0.25, 0.3) is 0 Å². The number of aromatic nitrogens is 1. The summed E-state index contributed by atoms with van der Waals surface area (Å²) in [5, 5.41) is 6.53. The minimum Gasteiger partial charge on any atom is -0.495 e. The van der Waals surface area contributed by atoms with Crippen LogP contribution in [0.5, 0.6) is 5.75 Å². The number of benzene rings is 1. The van der Waals surface area contributed by atoms with E-state index >= 15 is 0 Å². The Morgan fingerprint density at radius 1 is 1.23 bits per heavy atom. The predicted molar refractivity (Wildman–Crippen MR) is 121 cm³/mol. The van der Waals surface area contributed by atoms with Crippen molar-refractivity contribution in [2.24, 2.45) is 0 Å². The largest absolute Gasteiger partial charge is 0.495 e. The molecule has 9 heteroatoms. The maximum Gasteiger partial charge on any atom is 0.319 e. The van der Waals surface area contributed by atoms with E-state index in [0.717, 1.165) is 5.69 Å². The molecule has 31 heavy (non-hydrogen) atoms. The minimum absolute atomic E-state index is 0.0494. The molecule has 2 N–H and O–H groups in total. The van der Waals surface area contributed by atoms with E-state index in [1.54, 1.807) is 56.6 Å². The van der Waals surface area contributed by atoms with Gasteiger partial charge in [-0.1, -0.05) is 11.6 Å². The zero-order valence-corrected chi connectivity index (χ0v) is 18.7. The number of amides is 3. The molecule has 1 aliphatic heterocycles. The molecule has 3 rings (SSSR count). The summed E-state index contributed by atoms with van der Waals surface area (Å²) in [5.41, 5.74) is 1.51. The second-order valence-corrected chi connectivity index (χ2v) is 8.19. The fourth-order valence-electron chi connectivity index (χ4n) is 3.57. The first-order valence-corrected chi connectivity index (χ1v) is 10.5. The van der Waals surface area contributed by atoms with Crippen LogP contribution in [0.1, 0.15) is 18.0 Å². The van der Waals surface area contributed by atoms with Crippen molar-refractivity contribution in [2.75, 3.05) is 46.2 Å². The lowest BCUT2D eigenvalue weighted by atomic mass is 9.88. The number of hydrogen-bond donors (Lipinski definition) is 2. The van der Waals surface area contributed by atoms with Crippen LogP contribution in [0.2, 0.25) is 5.02 Å². The number of nitrogens with one attached hydrogen (secondary N) is 2. The van der Waals surface area contributed by atoms with Gasteiger partial charge in [0.05, 0.1) is 19.9 Å². The lowest BCUT2D eigenvalue weighted by molar-refractivity contribution is -0.130. The summed E-state index contributed by atoms with van der Waals surface area (Å²) in [7, 11) is 5.10. The Kier molecular flexibility index (Phi) is 7.70. The number of nitrogens with zero attached hydrogens (tertiary/aromatic N) is 3. The van der Waals surface area contributed by atoms with Crippen LogP contribution in [0.3, 0.4) is 0 Å². The molecule has 2 aromatic rings. The first kappa shape index (κ1) is 22.8. The van der Waals surface area contributed by atoms with Gasteiger partial charge in [-0.25, -0.2) is 4.79 Å². The van der Waals surface area contributed by atoms with Gasteiger partial charge < -0.3 is 20.3 Å². The second kappa shape index (κ2) is 10.5. The molecular weight excluding hydrogens is 418 g/mol. The number of urea groups is 1. The molecule has 1 fully saturated rings. The summed E-state index contributed by atoms with van der Waals surface area (Å²) in [4.78, 5) is 33.0. The van der Waals surface area contributed by atoms with Gasteiger partial charge in [-0.2, -0.15) is 0 Å². The molecule has 0 saturated carbocycles. The standard InChI is InChI=1S/C22H28ClN5O3/c1-27(2)21(29)14-28-11-10-20(18(13-28)19-9-8-17(31-3)12-24-19)26-22(30)25-16-6-4-15(23)5-7-16/h4-9,12,18,20H,10-11,13-14H2,1-3H3,(H2,25,26,30). The number of rotatable bonds is 6. The third-order valence-corrected chi connectivity index (χ3v) is 5.60. The Bertz CT molecular complexity index is 889. The lowest BCUT2D eigenvalue weighted by Gasteiger charge is -2.38. The Balaban J connectivity index is 1.72. The molecule has 1 saturated heterocycles. The van der Waals surface area contributed by atoms with E-state index in [4.69, 9.17) is 16.3 Å². The molecule has 0 radical (unpaired) electrons. The highest BCUT2D eigenvalue weighted by Gasteiger charge is 2.33. The average molecular weight is 446 g/mol. The van der Waals surface area contributed by atoms with Gasteiger partial charge >= 0.3 is 6.03 Å². The monoisotopic (exact) mass is 445 g/mol. The Hall–Kier alpha value is -2.84. The maximum absolute atomic E-state index is 12.6. The first-order valence-electron chi connectivity index (χ1n) is 10.1. The zero-order chi connectivity index (χ0) is 22.4. The van der Waals surface area contributed by atoms with Gasteiger partial charge in [0.25, 0.3) is 0 Å². The molecule has 2 unspecified atom stereocenters. The number of carbonyl (C=O) groups is 2. The molecule has 8 nitrogen and oxygen atoms in total. The smallest absolute Gasteiger partial charge is 0.319 e. The zero-order valence-electron chi connectivity index (χ0n) is 18.0. The van der Waals surface area contributed by atoms with Crippen LogP contribution in [-0.4, -0.2) is 73.6 Å². The number of carbonyl (C=O) groups excluding carboxylic acids is 2. The summed E-state index contributed by atoms with van der Waals surface area (Å²) in [6, 6.07) is 10.3.